The number of aromatic nitrogens is 1. The van der Waals surface area contributed by atoms with Gasteiger partial charge in [-0.3, -0.25) is 0 Å². The minimum atomic E-state index is 0.0480. The molecule has 0 spiro atoms. The van der Waals surface area contributed by atoms with E-state index in [1.54, 1.807) is 18.3 Å². The number of amidine groups is 1. The van der Waals surface area contributed by atoms with Gasteiger partial charge in [-0.25, -0.2) is 4.98 Å². The van der Waals surface area contributed by atoms with Crippen LogP contribution in [0.2, 0.25) is 0 Å². The monoisotopic (exact) mass is 241 g/mol. The molecule has 0 aliphatic heterocycles. The zero-order valence-electron chi connectivity index (χ0n) is 9.00. The van der Waals surface area contributed by atoms with E-state index in [1.807, 2.05) is 6.92 Å². The summed E-state index contributed by atoms with van der Waals surface area (Å²) in [4.78, 5) is 4.18. The van der Waals surface area contributed by atoms with E-state index in [0.29, 0.717) is 17.0 Å². The molecule has 0 fully saturated rings. The van der Waals surface area contributed by atoms with Crippen molar-refractivity contribution in [1.29, 1.82) is 0 Å². The van der Waals surface area contributed by atoms with E-state index in [2.05, 4.69) is 10.1 Å². The minimum Gasteiger partial charge on any atom is -0.409 e. The third-order valence-electron chi connectivity index (χ3n) is 2.00. The van der Waals surface area contributed by atoms with Gasteiger partial charge in [0, 0.05) is 18.1 Å². The van der Waals surface area contributed by atoms with E-state index in [-0.39, 0.29) is 17.7 Å². The maximum Gasteiger partial charge on any atom is 0.172 e. The molecule has 0 aliphatic carbocycles. The quantitative estimate of drug-likeness (QED) is 0.235. The molecule has 16 heavy (non-hydrogen) atoms. The van der Waals surface area contributed by atoms with Crippen LogP contribution in [0.5, 0.6) is 0 Å². The second-order valence-corrected chi connectivity index (χ2v) is 4.71. The van der Waals surface area contributed by atoms with Crippen LogP contribution >= 0.6 is 11.8 Å². The lowest BCUT2D eigenvalue weighted by Crippen LogP contribution is -2.15. The van der Waals surface area contributed by atoms with Gasteiger partial charge in [0.15, 0.2) is 5.84 Å². The fourth-order valence-electron chi connectivity index (χ4n) is 1.16. The molecule has 6 heteroatoms. The van der Waals surface area contributed by atoms with Gasteiger partial charge in [0.1, 0.15) is 5.03 Å². The predicted octanol–water partition coefficient (Wildman–Crippen LogP) is 1.04. The Bertz CT molecular complexity index is 371. The van der Waals surface area contributed by atoms with Crippen LogP contribution in [0.1, 0.15) is 18.9 Å². The Kier molecular flexibility index (Phi) is 5.07. The summed E-state index contributed by atoms with van der Waals surface area (Å²) < 4.78 is 0. The second kappa shape index (κ2) is 6.34. The van der Waals surface area contributed by atoms with E-state index in [0.717, 1.165) is 0 Å². The lowest BCUT2D eigenvalue weighted by atomic mass is 10.3. The van der Waals surface area contributed by atoms with Crippen LogP contribution in [-0.2, 0) is 0 Å². The van der Waals surface area contributed by atoms with E-state index in [4.69, 9.17) is 16.0 Å². The highest BCUT2D eigenvalue weighted by Crippen LogP contribution is 2.25. The van der Waals surface area contributed by atoms with Crippen molar-refractivity contribution >= 4 is 17.6 Å². The molecule has 1 atom stereocenters. The third kappa shape index (κ3) is 3.39. The Morgan fingerprint density at radius 2 is 2.44 bits per heavy atom. The summed E-state index contributed by atoms with van der Waals surface area (Å²) in [7, 11) is 0. The lowest BCUT2D eigenvalue weighted by molar-refractivity contribution is 0.289. The van der Waals surface area contributed by atoms with Gasteiger partial charge in [-0.15, -0.1) is 11.8 Å². The van der Waals surface area contributed by atoms with Crippen molar-refractivity contribution < 1.29 is 10.3 Å². The van der Waals surface area contributed by atoms with Crippen molar-refractivity contribution in [3.63, 3.8) is 0 Å². The number of aliphatic hydroxyl groups excluding tert-OH is 1. The fourth-order valence-corrected chi connectivity index (χ4v) is 2.19. The number of aliphatic hydroxyl groups is 1. The van der Waals surface area contributed by atoms with E-state index in [1.165, 1.54) is 11.8 Å². The van der Waals surface area contributed by atoms with Gasteiger partial charge in [0.2, 0.25) is 0 Å². The normalized spacial score (nSPS) is 13.8. The van der Waals surface area contributed by atoms with Crippen molar-refractivity contribution in [2.24, 2.45) is 10.9 Å². The largest absolute Gasteiger partial charge is 0.409 e. The molecule has 0 saturated carbocycles. The van der Waals surface area contributed by atoms with E-state index < -0.39 is 0 Å². The molecular weight excluding hydrogens is 226 g/mol. The van der Waals surface area contributed by atoms with Crippen LogP contribution in [0.4, 0.5) is 0 Å². The number of pyridine rings is 1. The van der Waals surface area contributed by atoms with Crippen LogP contribution < -0.4 is 5.73 Å². The van der Waals surface area contributed by atoms with Crippen LogP contribution in [0.15, 0.2) is 28.5 Å². The fraction of sp³-hybridized carbons (Fsp3) is 0.400. The highest BCUT2D eigenvalue weighted by molar-refractivity contribution is 7.99. The molecule has 1 rings (SSSR count). The van der Waals surface area contributed by atoms with E-state index >= 15 is 0 Å². The van der Waals surface area contributed by atoms with Crippen molar-refractivity contribution in [3.05, 3.63) is 23.9 Å². The van der Waals surface area contributed by atoms with E-state index in [9.17, 15) is 0 Å². The van der Waals surface area contributed by atoms with Gasteiger partial charge in [-0.05, 0) is 18.6 Å². The topological polar surface area (TPSA) is 91.7 Å². The van der Waals surface area contributed by atoms with Gasteiger partial charge in [0.25, 0.3) is 0 Å². The Morgan fingerprint density at radius 3 is 3.06 bits per heavy atom. The Labute approximate surface area is 98.4 Å². The molecule has 1 aromatic rings. The number of hydrogen-bond donors (Lipinski definition) is 3. The number of nitrogens with two attached hydrogens (primary N) is 1. The molecule has 0 saturated heterocycles. The van der Waals surface area contributed by atoms with Crippen LogP contribution in [0, 0.1) is 0 Å². The summed E-state index contributed by atoms with van der Waals surface area (Å²) in [5.74, 6) is 0.0480. The summed E-state index contributed by atoms with van der Waals surface area (Å²) in [6, 6.07) is 3.48. The third-order valence-corrected chi connectivity index (χ3v) is 3.19. The second-order valence-electron chi connectivity index (χ2n) is 3.28. The molecule has 0 radical (unpaired) electrons. The van der Waals surface area contributed by atoms with Gasteiger partial charge < -0.3 is 16.0 Å². The predicted molar refractivity (Wildman–Crippen MR) is 63.8 cm³/mol. The Hall–Kier alpha value is -1.27. The van der Waals surface area contributed by atoms with Crippen molar-refractivity contribution in [2.75, 3.05) is 6.61 Å². The highest BCUT2D eigenvalue weighted by Gasteiger charge is 2.11. The Balaban J connectivity index is 2.87. The van der Waals surface area contributed by atoms with Crippen LogP contribution in [-0.4, -0.2) is 33.0 Å². The first kappa shape index (κ1) is 12.8. The zero-order valence-corrected chi connectivity index (χ0v) is 9.81. The molecule has 1 aromatic heterocycles. The summed E-state index contributed by atoms with van der Waals surface area (Å²) in [5.41, 5.74) is 6.15. The maximum absolute atomic E-state index is 8.82. The molecule has 0 bridgehead atoms. The summed E-state index contributed by atoms with van der Waals surface area (Å²) in [5, 5.41) is 21.4. The number of hydrogen-bond acceptors (Lipinski definition) is 5. The SMILES string of the molecule is CC(CCO)Sc1ncccc1C(N)=NO. The van der Waals surface area contributed by atoms with Gasteiger partial charge >= 0.3 is 0 Å². The van der Waals surface area contributed by atoms with Gasteiger partial charge in [0.05, 0.1) is 5.56 Å². The van der Waals surface area contributed by atoms with Crippen LogP contribution in [0.3, 0.4) is 0 Å². The maximum atomic E-state index is 8.82. The number of thioether (sulfide) groups is 1. The molecule has 88 valence electrons. The number of nitrogens with zero attached hydrogens (tertiary/aromatic N) is 2. The molecule has 0 amide bonds. The summed E-state index contributed by atoms with van der Waals surface area (Å²) in [6.07, 6.45) is 2.33. The average Bonchev–Trinajstić information content (AvgIpc) is 2.29. The van der Waals surface area contributed by atoms with Gasteiger partial charge in [-0.1, -0.05) is 12.1 Å². The lowest BCUT2D eigenvalue weighted by Gasteiger charge is -2.11. The standard InChI is InChI=1S/C10H15N3O2S/c1-7(4-6-14)16-10-8(9(11)13-15)3-2-5-12-10/h2-3,5,7,14-15H,4,6H2,1H3,(H2,11,13). The molecule has 1 unspecified atom stereocenters. The average molecular weight is 241 g/mol. The van der Waals surface area contributed by atoms with Crippen LogP contribution in [0.25, 0.3) is 0 Å². The molecule has 0 aliphatic rings. The van der Waals surface area contributed by atoms with Crippen molar-refractivity contribution in [2.45, 2.75) is 23.6 Å². The zero-order chi connectivity index (χ0) is 12.0. The number of rotatable bonds is 5. The molecule has 4 N–H and O–H groups in total. The minimum absolute atomic E-state index is 0.0480. The summed E-state index contributed by atoms with van der Waals surface area (Å²) in [6.45, 7) is 2.13. The first-order chi connectivity index (χ1) is 7.69. The summed E-state index contributed by atoms with van der Waals surface area (Å²) >= 11 is 1.50. The highest BCUT2D eigenvalue weighted by atomic mass is 32.2. The van der Waals surface area contributed by atoms with Gasteiger partial charge in [-0.2, -0.15) is 0 Å². The van der Waals surface area contributed by atoms with Crippen molar-refractivity contribution in [3.8, 4) is 0 Å². The first-order valence-electron chi connectivity index (χ1n) is 4.89. The molecule has 0 aromatic carbocycles. The smallest absolute Gasteiger partial charge is 0.172 e. The number of oxime groups is 1. The molecular formula is C10H15N3O2S. The Morgan fingerprint density at radius 1 is 1.69 bits per heavy atom. The molecule has 1 heterocycles. The van der Waals surface area contributed by atoms with Crippen molar-refractivity contribution in [1.82, 2.24) is 4.98 Å². The first-order valence-corrected chi connectivity index (χ1v) is 5.77. The molecule has 5 nitrogen and oxygen atoms in total.